The number of hydrogen-bond acceptors (Lipinski definition) is 4. The molecule has 2 heterocycles. The zero-order valence-electron chi connectivity index (χ0n) is 14.5. The van der Waals surface area contributed by atoms with E-state index in [0.717, 1.165) is 5.70 Å². The number of Topliss-reactive ketones (excluding diaryl/α,β-unsaturated/α-hetero) is 1. The van der Waals surface area contributed by atoms with Crippen LogP contribution in [-0.4, -0.2) is 20.0 Å². The molecule has 0 fully saturated rings. The monoisotopic (exact) mass is 439 g/mol. The Kier molecular flexibility index (Phi) is 3.97. The van der Waals surface area contributed by atoms with Crippen LogP contribution >= 0.6 is 15.9 Å². The van der Waals surface area contributed by atoms with Gasteiger partial charge >= 0.3 is 0 Å². The largest absolute Gasteiger partial charge is 0.361 e. The molecule has 0 bridgehead atoms. The molecule has 1 aromatic carbocycles. The maximum Gasteiger partial charge on any atom is 0.177 e. The Bertz CT molecular complexity index is 1010. The smallest absolute Gasteiger partial charge is 0.177 e. The number of nitrogens with one attached hydrogen (secondary N) is 1. The first-order valence-electron chi connectivity index (χ1n) is 8.57. The van der Waals surface area contributed by atoms with Crippen molar-refractivity contribution >= 4 is 31.6 Å². The average molecular weight is 440 g/mol. The van der Waals surface area contributed by atoms with Crippen LogP contribution in [0.4, 0.5) is 4.39 Å². The van der Waals surface area contributed by atoms with Gasteiger partial charge in [0.1, 0.15) is 5.82 Å². The molecule has 1 N–H and O–H groups in total. The first kappa shape index (κ1) is 17.9. The number of dihydropyridines is 1. The van der Waals surface area contributed by atoms with Gasteiger partial charge in [0.2, 0.25) is 0 Å². The van der Waals surface area contributed by atoms with Gasteiger partial charge in [0, 0.05) is 28.8 Å². The Morgan fingerprint density at radius 2 is 1.96 bits per heavy atom. The normalized spacial score (nSPS) is 26.5. The molecule has 0 spiro atoms. The molecule has 2 aliphatic heterocycles. The van der Waals surface area contributed by atoms with E-state index in [-0.39, 0.29) is 20.9 Å². The predicted molar refractivity (Wildman–Crippen MR) is 100 cm³/mol. The molecule has 1 atom stereocenters. The minimum atomic E-state index is -3.46. The predicted octanol–water partition coefficient (Wildman–Crippen LogP) is 3.95. The number of allylic oxidation sites excluding steroid dienone is 4. The summed E-state index contributed by atoms with van der Waals surface area (Å²) >= 11 is 3.18. The summed E-state index contributed by atoms with van der Waals surface area (Å²) in [6.07, 6.45) is 1.83. The number of ketones is 1. The third kappa shape index (κ3) is 2.59. The number of hydrogen-bond donors (Lipinski definition) is 1. The minimum absolute atomic E-state index is 0.0367. The van der Waals surface area contributed by atoms with Crippen LogP contribution in [0.2, 0.25) is 0 Å². The van der Waals surface area contributed by atoms with Crippen molar-refractivity contribution in [3.8, 4) is 0 Å². The number of sulfone groups is 1. The second-order valence-corrected chi connectivity index (χ2v) is 10.7. The van der Waals surface area contributed by atoms with Gasteiger partial charge in [-0.15, -0.1) is 0 Å². The lowest BCUT2D eigenvalue weighted by atomic mass is 9.69. The zero-order valence-corrected chi connectivity index (χ0v) is 16.9. The van der Waals surface area contributed by atoms with Crippen molar-refractivity contribution in [3.05, 3.63) is 55.9 Å². The molecule has 26 heavy (non-hydrogen) atoms. The van der Waals surface area contributed by atoms with Gasteiger partial charge in [0.05, 0.1) is 21.0 Å². The number of carbonyl (C=O) groups excluding carboxylic acids is 1. The molecule has 1 aliphatic carbocycles. The highest BCUT2D eigenvalue weighted by Crippen LogP contribution is 2.50. The molecular weight excluding hydrogens is 421 g/mol. The summed E-state index contributed by atoms with van der Waals surface area (Å²) in [5, 5.41) is 3.24. The Labute approximate surface area is 160 Å². The molecule has 0 radical (unpaired) electrons. The van der Waals surface area contributed by atoms with E-state index in [0.29, 0.717) is 36.1 Å². The molecule has 138 valence electrons. The number of carbonyl (C=O) groups is 1. The van der Waals surface area contributed by atoms with Gasteiger partial charge in [0.25, 0.3) is 0 Å². The molecule has 3 aliphatic rings. The van der Waals surface area contributed by atoms with Crippen LogP contribution in [0.1, 0.15) is 44.6 Å². The van der Waals surface area contributed by atoms with Gasteiger partial charge in [0.15, 0.2) is 15.6 Å². The molecule has 0 saturated carbocycles. The van der Waals surface area contributed by atoms with Gasteiger partial charge < -0.3 is 5.32 Å². The Hall–Kier alpha value is -1.47. The molecule has 4 rings (SSSR count). The van der Waals surface area contributed by atoms with Crippen LogP contribution in [0.25, 0.3) is 0 Å². The van der Waals surface area contributed by atoms with Crippen LogP contribution in [0, 0.1) is 11.2 Å². The summed E-state index contributed by atoms with van der Waals surface area (Å²) in [5.41, 5.74) is 2.09. The molecule has 0 aromatic heterocycles. The van der Waals surface area contributed by atoms with E-state index in [4.69, 9.17) is 0 Å². The van der Waals surface area contributed by atoms with Gasteiger partial charge in [-0.3, -0.25) is 4.79 Å². The molecule has 1 unspecified atom stereocenters. The van der Waals surface area contributed by atoms with E-state index in [9.17, 15) is 17.6 Å². The second-order valence-electron chi connectivity index (χ2n) is 7.75. The van der Waals surface area contributed by atoms with Crippen molar-refractivity contribution in [2.75, 3.05) is 5.75 Å². The molecular formula is C19H19BrFNO3S. The van der Waals surface area contributed by atoms with Crippen LogP contribution in [0.5, 0.6) is 0 Å². The number of benzene rings is 1. The first-order valence-corrected chi connectivity index (χ1v) is 11.0. The first-order chi connectivity index (χ1) is 12.1. The maximum atomic E-state index is 13.8. The van der Waals surface area contributed by atoms with E-state index in [1.54, 1.807) is 12.1 Å². The molecule has 0 amide bonds. The minimum Gasteiger partial charge on any atom is -0.361 e. The van der Waals surface area contributed by atoms with Crippen molar-refractivity contribution in [1.82, 2.24) is 5.32 Å². The highest BCUT2D eigenvalue weighted by Gasteiger charge is 2.48. The van der Waals surface area contributed by atoms with Crippen molar-refractivity contribution in [2.45, 2.75) is 39.0 Å². The lowest BCUT2D eigenvalue weighted by Gasteiger charge is -2.38. The van der Waals surface area contributed by atoms with E-state index >= 15 is 0 Å². The van der Waals surface area contributed by atoms with E-state index in [1.165, 1.54) is 6.07 Å². The average Bonchev–Trinajstić information content (AvgIpc) is 2.87. The molecule has 0 saturated heterocycles. The fourth-order valence-corrected chi connectivity index (χ4v) is 6.31. The van der Waals surface area contributed by atoms with Crippen LogP contribution in [0.15, 0.2) is 44.5 Å². The highest BCUT2D eigenvalue weighted by molar-refractivity contribution is 9.10. The maximum absolute atomic E-state index is 13.8. The van der Waals surface area contributed by atoms with E-state index in [2.05, 4.69) is 21.2 Å². The fourth-order valence-electron chi connectivity index (χ4n) is 4.08. The number of halogens is 2. The van der Waals surface area contributed by atoms with Crippen LogP contribution < -0.4 is 5.32 Å². The quantitative estimate of drug-likeness (QED) is 0.719. The Balaban J connectivity index is 1.97. The summed E-state index contributed by atoms with van der Waals surface area (Å²) < 4.78 is 39.5. The van der Waals surface area contributed by atoms with Gasteiger partial charge in [-0.05, 0) is 46.5 Å². The van der Waals surface area contributed by atoms with E-state index in [1.807, 2.05) is 13.8 Å². The summed E-state index contributed by atoms with van der Waals surface area (Å²) in [7, 11) is -3.46. The highest BCUT2D eigenvalue weighted by atomic mass is 79.9. The fraction of sp³-hybridized carbons (Fsp3) is 0.421. The molecule has 1 aromatic rings. The van der Waals surface area contributed by atoms with Gasteiger partial charge in [-0.1, -0.05) is 19.9 Å². The zero-order chi connectivity index (χ0) is 18.9. The Morgan fingerprint density at radius 1 is 1.23 bits per heavy atom. The summed E-state index contributed by atoms with van der Waals surface area (Å²) in [6, 6.07) is 4.47. The Morgan fingerprint density at radius 3 is 2.65 bits per heavy atom. The van der Waals surface area contributed by atoms with Crippen LogP contribution in [-0.2, 0) is 14.6 Å². The lowest BCUT2D eigenvalue weighted by molar-refractivity contribution is -0.124. The van der Waals surface area contributed by atoms with E-state index < -0.39 is 27.0 Å². The van der Waals surface area contributed by atoms with Crippen molar-refractivity contribution < 1.29 is 17.6 Å². The molecule has 4 nitrogen and oxygen atoms in total. The van der Waals surface area contributed by atoms with Crippen molar-refractivity contribution in [2.24, 2.45) is 5.41 Å². The third-order valence-electron chi connectivity index (χ3n) is 5.57. The van der Waals surface area contributed by atoms with Gasteiger partial charge in [-0.2, -0.15) is 0 Å². The topological polar surface area (TPSA) is 63.2 Å². The molecule has 7 heteroatoms. The second kappa shape index (κ2) is 5.76. The number of rotatable bonds is 1. The lowest BCUT2D eigenvalue weighted by Crippen LogP contribution is -2.39. The summed E-state index contributed by atoms with van der Waals surface area (Å²) in [4.78, 5) is 13.5. The van der Waals surface area contributed by atoms with Crippen LogP contribution in [0.3, 0.4) is 0 Å². The van der Waals surface area contributed by atoms with Gasteiger partial charge in [-0.25, -0.2) is 12.8 Å². The van der Waals surface area contributed by atoms with Crippen molar-refractivity contribution in [3.63, 3.8) is 0 Å². The SMILES string of the molecule is CC1(C)CCC2=C(C1=O)C(c1ccc(F)c(Br)c1)C1=C(CCS1(=O)=O)N2. The standard InChI is InChI=1S/C19H19BrFNO3S/c1-19(2)7-5-13-16(18(19)23)15(10-3-4-12(21)11(20)9-10)17-14(22-13)6-8-26(17,24)25/h3-4,9,15,22H,5-8H2,1-2H3. The van der Waals surface area contributed by atoms with Crippen molar-refractivity contribution in [1.29, 1.82) is 0 Å². The summed E-state index contributed by atoms with van der Waals surface area (Å²) in [6.45, 7) is 3.79. The summed E-state index contributed by atoms with van der Waals surface area (Å²) in [5.74, 6) is -1.08. The third-order valence-corrected chi connectivity index (χ3v) is 8.07.